The molecule has 2 rings (SSSR count). The lowest BCUT2D eigenvalue weighted by Crippen LogP contribution is -2.09. The SMILES string of the molecule is COc1ccc(O)cc1C1(C=O)CC1. The second-order valence-corrected chi connectivity index (χ2v) is 3.66. The monoisotopic (exact) mass is 192 g/mol. The molecule has 1 aromatic rings. The summed E-state index contributed by atoms with van der Waals surface area (Å²) >= 11 is 0. The van der Waals surface area contributed by atoms with Crippen molar-refractivity contribution in [1.82, 2.24) is 0 Å². The molecule has 0 atom stereocenters. The Bertz CT molecular complexity index is 367. The van der Waals surface area contributed by atoms with Crippen molar-refractivity contribution >= 4 is 6.29 Å². The topological polar surface area (TPSA) is 46.5 Å². The van der Waals surface area contributed by atoms with Gasteiger partial charge in [0.1, 0.15) is 17.8 Å². The predicted molar refractivity (Wildman–Crippen MR) is 51.6 cm³/mol. The maximum Gasteiger partial charge on any atom is 0.130 e. The van der Waals surface area contributed by atoms with Gasteiger partial charge in [-0.2, -0.15) is 0 Å². The van der Waals surface area contributed by atoms with Gasteiger partial charge in [0.25, 0.3) is 0 Å². The molecule has 0 spiro atoms. The molecule has 1 N–H and O–H groups in total. The smallest absolute Gasteiger partial charge is 0.130 e. The van der Waals surface area contributed by atoms with Gasteiger partial charge >= 0.3 is 0 Å². The van der Waals surface area contributed by atoms with Gasteiger partial charge in [-0.05, 0) is 31.0 Å². The number of carbonyl (C=O) groups is 1. The minimum Gasteiger partial charge on any atom is -0.508 e. The van der Waals surface area contributed by atoms with Gasteiger partial charge in [-0.25, -0.2) is 0 Å². The van der Waals surface area contributed by atoms with Crippen LogP contribution >= 0.6 is 0 Å². The highest BCUT2D eigenvalue weighted by Gasteiger charge is 2.46. The van der Waals surface area contributed by atoms with Crippen LogP contribution in [0, 0.1) is 0 Å². The number of methoxy groups -OCH3 is 1. The van der Waals surface area contributed by atoms with E-state index in [1.165, 1.54) is 0 Å². The maximum atomic E-state index is 10.9. The molecule has 0 heterocycles. The van der Waals surface area contributed by atoms with E-state index in [-0.39, 0.29) is 5.75 Å². The van der Waals surface area contributed by atoms with Crippen LogP contribution in [0.1, 0.15) is 18.4 Å². The lowest BCUT2D eigenvalue weighted by Gasteiger charge is -2.12. The first-order chi connectivity index (χ1) is 6.72. The summed E-state index contributed by atoms with van der Waals surface area (Å²) in [6.07, 6.45) is 2.64. The Balaban J connectivity index is 2.49. The molecule has 1 aromatic carbocycles. The molecule has 3 nitrogen and oxygen atoms in total. The van der Waals surface area contributed by atoms with Crippen molar-refractivity contribution in [2.75, 3.05) is 7.11 Å². The molecule has 0 saturated heterocycles. The predicted octanol–water partition coefficient (Wildman–Crippen LogP) is 1.63. The van der Waals surface area contributed by atoms with Crippen molar-refractivity contribution in [3.05, 3.63) is 23.8 Å². The number of aromatic hydroxyl groups is 1. The zero-order valence-electron chi connectivity index (χ0n) is 7.99. The number of benzene rings is 1. The van der Waals surface area contributed by atoms with Gasteiger partial charge < -0.3 is 14.6 Å². The van der Waals surface area contributed by atoms with Crippen molar-refractivity contribution in [3.63, 3.8) is 0 Å². The molecule has 0 unspecified atom stereocenters. The molecule has 1 aliphatic carbocycles. The Morgan fingerprint density at radius 3 is 2.71 bits per heavy atom. The fourth-order valence-electron chi connectivity index (χ4n) is 1.67. The second-order valence-electron chi connectivity index (χ2n) is 3.66. The number of hydrogen-bond acceptors (Lipinski definition) is 3. The largest absolute Gasteiger partial charge is 0.508 e. The van der Waals surface area contributed by atoms with Crippen LogP contribution in [0.3, 0.4) is 0 Å². The van der Waals surface area contributed by atoms with Crippen molar-refractivity contribution in [2.24, 2.45) is 0 Å². The van der Waals surface area contributed by atoms with Gasteiger partial charge in [0, 0.05) is 5.56 Å². The number of phenolic OH excluding ortho intramolecular Hbond substituents is 1. The summed E-state index contributed by atoms with van der Waals surface area (Å²) in [5, 5.41) is 9.35. The average molecular weight is 192 g/mol. The van der Waals surface area contributed by atoms with E-state index >= 15 is 0 Å². The Labute approximate surface area is 82.3 Å². The average Bonchev–Trinajstić information content (AvgIpc) is 2.98. The normalized spacial score (nSPS) is 17.5. The molecule has 1 aliphatic rings. The van der Waals surface area contributed by atoms with E-state index in [4.69, 9.17) is 4.74 Å². The van der Waals surface area contributed by atoms with Crippen LogP contribution in [0.25, 0.3) is 0 Å². The summed E-state index contributed by atoms with van der Waals surface area (Å²) in [6.45, 7) is 0. The van der Waals surface area contributed by atoms with Crippen LogP contribution in [0.4, 0.5) is 0 Å². The van der Waals surface area contributed by atoms with E-state index in [2.05, 4.69) is 0 Å². The van der Waals surface area contributed by atoms with Crippen LogP contribution < -0.4 is 4.74 Å². The number of hydrogen-bond donors (Lipinski definition) is 1. The van der Waals surface area contributed by atoms with Crippen molar-refractivity contribution < 1.29 is 14.6 Å². The maximum absolute atomic E-state index is 10.9. The summed E-state index contributed by atoms with van der Waals surface area (Å²) in [7, 11) is 1.57. The molecule has 14 heavy (non-hydrogen) atoms. The van der Waals surface area contributed by atoms with E-state index in [9.17, 15) is 9.90 Å². The third-order valence-corrected chi connectivity index (χ3v) is 2.73. The molecule has 1 saturated carbocycles. The number of aldehydes is 1. The summed E-state index contributed by atoms with van der Waals surface area (Å²) in [4.78, 5) is 10.9. The van der Waals surface area contributed by atoms with Gasteiger partial charge in [-0.15, -0.1) is 0 Å². The zero-order valence-corrected chi connectivity index (χ0v) is 7.99. The summed E-state index contributed by atoms with van der Waals surface area (Å²) in [6, 6.07) is 4.86. The third kappa shape index (κ3) is 1.25. The first kappa shape index (κ1) is 9.06. The van der Waals surface area contributed by atoms with E-state index in [0.29, 0.717) is 5.75 Å². The molecular weight excluding hydrogens is 180 g/mol. The minimum absolute atomic E-state index is 0.175. The van der Waals surface area contributed by atoms with E-state index < -0.39 is 5.41 Å². The number of carbonyl (C=O) groups excluding carboxylic acids is 1. The molecule has 3 heteroatoms. The molecule has 0 bridgehead atoms. The standard InChI is InChI=1S/C11H12O3/c1-14-10-3-2-8(13)6-9(10)11(7-12)4-5-11/h2-3,6-7,13H,4-5H2,1H3. The van der Waals surface area contributed by atoms with Crippen LogP contribution in [0.5, 0.6) is 11.5 Å². The highest BCUT2D eigenvalue weighted by Crippen LogP contribution is 2.50. The quantitative estimate of drug-likeness (QED) is 0.740. The lowest BCUT2D eigenvalue weighted by molar-refractivity contribution is -0.109. The first-order valence-corrected chi connectivity index (χ1v) is 4.56. The first-order valence-electron chi connectivity index (χ1n) is 4.56. The van der Waals surface area contributed by atoms with Crippen LogP contribution in [0.15, 0.2) is 18.2 Å². The number of phenols is 1. The zero-order chi connectivity index (χ0) is 10.2. The molecule has 74 valence electrons. The molecular formula is C11H12O3. The van der Waals surface area contributed by atoms with Gasteiger partial charge in [-0.3, -0.25) is 0 Å². The summed E-state index contributed by atoms with van der Waals surface area (Å²) in [5.41, 5.74) is 0.402. The van der Waals surface area contributed by atoms with Crippen molar-refractivity contribution in [3.8, 4) is 11.5 Å². The molecule has 0 amide bonds. The second kappa shape index (κ2) is 3.01. The Kier molecular flexibility index (Phi) is 1.95. The van der Waals surface area contributed by atoms with Gasteiger partial charge in [0.2, 0.25) is 0 Å². The molecule has 1 fully saturated rings. The van der Waals surface area contributed by atoms with Crippen LogP contribution in [0.2, 0.25) is 0 Å². The fourth-order valence-corrected chi connectivity index (χ4v) is 1.67. The number of ether oxygens (including phenoxy) is 1. The molecule has 0 aromatic heterocycles. The highest BCUT2D eigenvalue weighted by atomic mass is 16.5. The van der Waals surface area contributed by atoms with E-state index in [1.807, 2.05) is 0 Å². The van der Waals surface area contributed by atoms with E-state index in [0.717, 1.165) is 24.7 Å². The van der Waals surface area contributed by atoms with Crippen molar-refractivity contribution in [1.29, 1.82) is 0 Å². The third-order valence-electron chi connectivity index (χ3n) is 2.73. The number of rotatable bonds is 3. The van der Waals surface area contributed by atoms with Crippen LogP contribution in [-0.4, -0.2) is 18.5 Å². The van der Waals surface area contributed by atoms with Gasteiger partial charge in [0.05, 0.1) is 12.5 Å². The lowest BCUT2D eigenvalue weighted by atomic mass is 9.96. The fraction of sp³-hybridized carbons (Fsp3) is 0.364. The van der Waals surface area contributed by atoms with E-state index in [1.54, 1.807) is 25.3 Å². The van der Waals surface area contributed by atoms with Crippen molar-refractivity contribution in [2.45, 2.75) is 18.3 Å². The van der Waals surface area contributed by atoms with Gasteiger partial charge in [-0.1, -0.05) is 0 Å². The summed E-state index contributed by atoms with van der Waals surface area (Å²) < 4.78 is 5.16. The summed E-state index contributed by atoms with van der Waals surface area (Å²) in [5.74, 6) is 0.848. The molecule has 0 radical (unpaired) electrons. The minimum atomic E-state index is -0.399. The highest BCUT2D eigenvalue weighted by molar-refractivity contribution is 5.75. The van der Waals surface area contributed by atoms with Gasteiger partial charge in [0.15, 0.2) is 0 Å². The van der Waals surface area contributed by atoms with Crippen LogP contribution in [-0.2, 0) is 10.2 Å². The Morgan fingerprint density at radius 2 is 2.21 bits per heavy atom. The Morgan fingerprint density at radius 1 is 1.50 bits per heavy atom. The molecule has 0 aliphatic heterocycles. The Hall–Kier alpha value is -1.51.